The van der Waals surface area contributed by atoms with Gasteiger partial charge in [0.15, 0.2) is 0 Å². The fraction of sp³-hybridized carbons (Fsp3) is 0.174. The number of rotatable bonds is 6. The first kappa shape index (κ1) is 20.0. The zero-order valence-electron chi connectivity index (χ0n) is 15.5. The third kappa shape index (κ3) is 5.18. The number of phenolic OH excluding ortho intramolecular Hbond substituents is 1. The molecule has 4 heteroatoms. The van der Waals surface area contributed by atoms with Crippen LogP contribution in [0.1, 0.15) is 35.7 Å². The normalized spacial score (nSPS) is 12.9. The van der Waals surface area contributed by atoms with E-state index in [1.165, 1.54) is 8.87 Å². The first-order valence-electron chi connectivity index (χ1n) is 9.02. The molecular weight excluding hydrogens is 464 g/mol. The molecule has 2 unspecified atom stereocenters. The maximum absolute atomic E-state index is 10.6. The van der Waals surface area contributed by atoms with Crippen LogP contribution in [0.2, 0.25) is 0 Å². The van der Waals surface area contributed by atoms with E-state index in [0.29, 0.717) is 20.0 Å². The Bertz CT molecular complexity index is 940. The van der Waals surface area contributed by atoms with Gasteiger partial charge in [-0.1, -0.05) is 58.0 Å². The van der Waals surface area contributed by atoms with Crippen LogP contribution in [0.4, 0.5) is 5.69 Å². The summed E-state index contributed by atoms with van der Waals surface area (Å²) in [7, 11) is 0.574. The maximum atomic E-state index is 10.6. The molecule has 0 spiro atoms. The molecule has 3 aromatic carbocycles. The number of hydrogen-bond acceptors (Lipinski definition) is 2. The van der Waals surface area contributed by atoms with Crippen molar-refractivity contribution in [1.29, 1.82) is 0 Å². The van der Waals surface area contributed by atoms with Gasteiger partial charge in [0, 0.05) is 26.6 Å². The van der Waals surface area contributed by atoms with Crippen LogP contribution in [-0.2, 0) is 0 Å². The van der Waals surface area contributed by atoms with Gasteiger partial charge in [0.05, 0.1) is 5.69 Å². The molecule has 138 valence electrons. The summed E-state index contributed by atoms with van der Waals surface area (Å²) in [5.74, 6) is 0.435. The van der Waals surface area contributed by atoms with Crippen molar-refractivity contribution in [2.75, 3.05) is 0 Å². The SMILES string of the molecule is CCC(Pc1ccccc1/C=N/c1ccccc1)c1cc(I)cc(C)c1O. The lowest BCUT2D eigenvalue weighted by molar-refractivity contribution is 0.462. The van der Waals surface area contributed by atoms with Crippen LogP contribution in [0.15, 0.2) is 71.7 Å². The highest BCUT2D eigenvalue weighted by Crippen LogP contribution is 2.43. The van der Waals surface area contributed by atoms with Crippen LogP contribution >= 0.6 is 31.2 Å². The lowest BCUT2D eigenvalue weighted by Gasteiger charge is -2.19. The second-order valence-electron chi connectivity index (χ2n) is 6.45. The van der Waals surface area contributed by atoms with Crippen LogP contribution in [0.3, 0.4) is 0 Å². The Balaban J connectivity index is 1.90. The summed E-state index contributed by atoms with van der Waals surface area (Å²) in [5, 5.41) is 11.9. The van der Waals surface area contributed by atoms with Gasteiger partial charge >= 0.3 is 0 Å². The summed E-state index contributed by atoms with van der Waals surface area (Å²) in [5.41, 5.74) is 4.38. The minimum Gasteiger partial charge on any atom is -0.507 e. The largest absolute Gasteiger partial charge is 0.507 e. The maximum Gasteiger partial charge on any atom is 0.122 e. The van der Waals surface area contributed by atoms with Crippen LogP contribution in [0.5, 0.6) is 5.75 Å². The average Bonchev–Trinajstić information content (AvgIpc) is 2.69. The summed E-state index contributed by atoms with van der Waals surface area (Å²) >= 11 is 2.33. The highest BCUT2D eigenvalue weighted by atomic mass is 127. The lowest BCUT2D eigenvalue weighted by atomic mass is 10.1. The van der Waals surface area contributed by atoms with Gasteiger partial charge in [0.2, 0.25) is 0 Å². The van der Waals surface area contributed by atoms with Crippen molar-refractivity contribution in [2.45, 2.75) is 25.9 Å². The molecule has 0 fully saturated rings. The molecule has 0 aliphatic carbocycles. The van der Waals surface area contributed by atoms with Gasteiger partial charge in [-0.25, -0.2) is 0 Å². The van der Waals surface area contributed by atoms with Gasteiger partial charge in [0.25, 0.3) is 0 Å². The number of benzene rings is 3. The molecule has 1 N–H and O–H groups in total. The Labute approximate surface area is 176 Å². The van der Waals surface area contributed by atoms with Crippen LogP contribution in [-0.4, -0.2) is 11.3 Å². The Morgan fingerprint density at radius 1 is 1.07 bits per heavy atom. The van der Waals surface area contributed by atoms with Gasteiger partial charge in [-0.2, -0.15) is 0 Å². The zero-order valence-corrected chi connectivity index (χ0v) is 18.6. The van der Waals surface area contributed by atoms with Crippen molar-refractivity contribution in [3.05, 3.63) is 87.0 Å². The Kier molecular flexibility index (Phi) is 7.03. The van der Waals surface area contributed by atoms with E-state index in [1.54, 1.807) is 0 Å². The summed E-state index contributed by atoms with van der Waals surface area (Å²) in [6.45, 7) is 4.16. The molecule has 0 aliphatic rings. The van der Waals surface area contributed by atoms with Gasteiger partial charge < -0.3 is 5.11 Å². The Morgan fingerprint density at radius 3 is 2.52 bits per heavy atom. The summed E-state index contributed by atoms with van der Waals surface area (Å²) in [6, 6.07) is 22.5. The van der Waals surface area contributed by atoms with Gasteiger partial charge in [-0.05, 0) is 71.1 Å². The quantitative estimate of drug-likeness (QED) is 0.240. The number of hydrogen-bond donors (Lipinski definition) is 1. The van der Waals surface area contributed by atoms with E-state index in [0.717, 1.165) is 28.8 Å². The molecule has 0 bridgehead atoms. The average molecular weight is 487 g/mol. The molecule has 0 saturated heterocycles. The Hall–Kier alpha value is -1.71. The van der Waals surface area contributed by atoms with E-state index in [4.69, 9.17) is 0 Å². The molecule has 2 atom stereocenters. The number of aliphatic imine (C=N–C) groups is 1. The minimum atomic E-state index is 0.296. The number of halogens is 1. The molecule has 0 radical (unpaired) electrons. The summed E-state index contributed by atoms with van der Waals surface area (Å²) < 4.78 is 1.17. The third-order valence-corrected chi connectivity index (χ3v) is 6.93. The number of nitrogens with zero attached hydrogens (tertiary/aromatic N) is 1. The third-order valence-electron chi connectivity index (χ3n) is 4.48. The molecule has 3 aromatic rings. The Morgan fingerprint density at radius 2 is 1.78 bits per heavy atom. The number of para-hydroxylation sites is 1. The van der Waals surface area contributed by atoms with E-state index >= 15 is 0 Å². The highest BCUT2D eigenvalue weighted by Gasteiger charge is 2.17. The lowest BCUT2D eigenvalue weighted by Crippen LogP contribution is -2.06. The van der Waals surface area contributed by atoms with Gasteiger partial charge in [-0.3, -0.25) is 4.99 Å². The first-order chi connectivity index (χ1) is 13.1. The van der Waals surface area contributed by atoms with Crippen molar-refractivity contribution < 1.29 is 5.11 Å². The topological polar surface area (TPSA) is 32.6 Å². The van der Waals surface area contributed by atoms with Crippen molar-refractivity contribution in [3.63, 3.8) is 0 Å². The molecule has 0 saturated carbocycles. The molecule has 3 rings (SSSR count). The van der Waals surface area contributed by atoms with Crippen LogP contribution < -0.4 is 5.30 Å². The predicted octanol–water partition coefficient (Wildman–Crippen LogP) is 6.51. The second kappa shape index (κ2) is 9.48. The number of aromatic hydroxyl groups is 1. The molecule has 2 nitrogen and oxygen atoms in total. The van der Waals surface area contributed by atoms with Crippen molar-refractivity contribution in [3.8, 4) is 5.75 Å². The molecule has 0 amide bonds. The van der Waals surface area contributed by atoms with Gasteiger partial charge in [0.1, 0.15) is 5.75 Å². The second-order valence-corrected chi connectivity index (χ2v) is 9.22. The smallest absolute Gasteiger partial charge is 0.122 e. The number of phenols is 1. The summed E-state index contributed by atoms with van der Waals surface area (Å²) in [4.78, 5) is 4.62. The first-order valence-corrected chi connectivity index (χ1v) is 11.2. The standard InChI is InChI=1S/C23H23INOP/c1-3-21(20-14-18(24)13-16(2)23(20)26)27-22-12-8-7-9-17(22)15-25-19-10-5-4-6-11-19/h4-15,21,26-27H,3H2,1-2H3/b25-15+. The van der Waals surface area contributed by atoms with Gasteiger partial charge in [-0.15, -0.1) is 0 Å². The molecular formula is C23H23INOP. The monoisotopic (exact) mass is 487 g/mol. The minimum absolute atomic E-state index is 0.296. The fourth-order valence-corrected chi connectivity index (χ4v) is 5.28. The van der Waals surface area contributed by atoms with E-state index in [1.807, 2.05) is 55.6 Å². The zero-order chi connectivity index (χ0) is 19.2. The number of aryl methyl sites for hydroxylation is 1. The molecule has 27 heavy (non-hydrogen) atoms. The van der Waals surface area contributed by atoms with Crippen molar-refractivity contribution >= 4 is 48.4 Å². The molecule has 0 aliphatic heterocycles. The summed E-state index contributed by atoms with van der Waals surface area (Å²) in [6.07, 6.45) is 2.93. The molecule has 0 heterocycles. The van der Waals surface area contributed by atoms with E-state index in [9.17, 15) is 5.11 Å². The van der Waals surface area contributed by atoms with E-state index in [2.05, 4.69) is 58.8 Å². The van der Waals surface area contributed by atoms with Crippen LogP contribution in [0, 0.1) is 10.5 Å². The van der Waals surface area contributed by atoms with Crippen molar-refractivity contribution in [2.24, 2.45) is 4.99 Å². The van der Waals surface area contributed by atoms with E-state index < -0.39 is 0 Å². The van der Waals surface area contributed by atoms with Crippen LogP contribution in [0.25, 0.3) is 0 Å². The highest BCUT2D eigenvalue weighted by molar-refractivity contribution is 14.1. The predicted molar refractivity (Wildman–Crippen MR) is 127 cm³/mol. The van der Waals surface area contributed by atoms with Crippen molar-refractivity contribution in [1.82, 2.24) is 0 Å². The fourth-order valence-electron chi connectivity index (χ4n) is 3.01. The van der Waals surface area contributed by atoms with E-state index in [-0.39, 0.29) is 0 Å². The molecule has 0 aromatic heterocycles.